The van der Waals surface area contributed by atoms with E-state index in [0.29, 0.717) is 0 Å². The summed E-state index contributed by atoms with van der Waals surface area (Å²) in [5.41, 5.74) is 5.49. The average molecular weight is 225 g/mol. The molecule has 4 nitrogen and oxygen atoms in total. The second-order valence-corrected chi connectivity index (χ2v) is 9.84. The summed E-state index contributed by atoms with van der Waals surface area (Å²) in [6, 6.07) is 2.92. The van der Waals surface area contributed by atoms with Crippen LogP contribution in [0.2, 0.25) is 18.1 Å². The zero-order chi connectivity index (χ0) is 12.3. The SMILES string of the molecule is CC(C)(C)[Si](C)(C)O[C@H](C#N)C(N)C#N. The summed E-state index contributed by atoms with van der Waals surface area (Å²) in [5.74, 6) is 0. The van der Waals surface area contributed by atoms with E-state index >= 15 is 0 Å². The molecule has 0 aliphatic carbocycles. The van der Waals surface area contributed by atoms with E-state index in [2.05, 4.69) is 20.8 Å². The van der Waals surface area contributed by atoms with Gasteiger partial charge in [0.25, 0.3) is 0 Å². The average Bonchev–Trinajstić information content (AvgIpc) is 2.11. The molecule has 0 aromatic rings. The summed E-state index contributed by atoms with van der Waals surface area (Å²) in [6.45, 7) is 10.3. The van der Waals surface area contributed by atoms with E-state index in [9.17, 15) is 0 Å². The second-order valence-electron chi connectivity index (χ2n) is 5.08. The molecule has 0 aliphatic heterocycles. The van der Waals surface area contributed by atoms with Gasteiger partial charge in [0.15, 0.2) is 14.4 Å². The third-order valence-electron chi connectivity index (χ3n) is 2.83. The van der Waals surface area contributed by atoms with Gasteiger partial charge in [-0.05, 0) is 18.1 Å². The highest BCUT2D eigenvalue weighted by Gasteiger charge is 2.40. The molecule has 0 amide bonds. The first-order valence-corrected chi connectivity index (χ1v) is 7.79. The molecule has 15 heavy (non-hydrogen) atoms. The quantitative estimate of drug-likeness (QED) is 0.742. The smallest absolute Gasteiger partial charge is 0.193 e. The molecule has 0 saturated carbocycles. The molecule has 0 fully saturated rings. The van der Waals surface area contributed by atoms with Crippen molar-refractivity contribution in [3.63, 3.8) is 0 Å². The Balaban J connectivity index is 4.73. The van der Waals surface area contributed by atoms with Crippen molar-refractivity contribution in [2.24, 2.45) is 5.73 Å². The number of hydrogen-bond donors (Lipinski definition) is 1. The van der Waals surface area contributed by atoms with Crippen molar-refractivity contribution < 1.29 is 4.43 Å². The van der Waals surface area contributed by atoms with Crippen LogP contribution in [0.25, 0.3) is 0 Å². The van der Waals surface area contributed by atoms with Gasteiger partial charge in [-0.25, -0.2) is 0 Å². The van der Waals surface area contributed by atoms with E-state index in [1.165, 1.54) is 0 Å². The zero-order valence-electron chi connectivity index (χ0n) is 10.0. The zero-order valence-corrected chi connectivity index (χ0v) is 11.0. The van der Waals surface area contributed by atoms with Gasteiger partial charge in [0, 0.05) is 0 Å². The predicted molar refractivity (Wildman–Crippen MR) is 61.3 cm³/mol. The topological polar surface area (TPSA) is 82.8 Å². The Bertz CT molecular complexity index is 295. The lowest BCUT2D eigenvalue weighted by atomic mass is 10.2. The van der Waals surface area contributed by atoms with Crippen LogP contribution < -0.4 is 5.73 Å². The van der Waals surface area contributed by atoms with E-state index in [0.717, 1.165) is 0 Å². The van der Waals surface area contributed by atoms with Crippen LogP contribution in [0.1, 0.15) is 20.8 Å². The van der Waals surface area contributed by atoms with Gasteiger partial charge in [-0.1, -0.05) is 20.8 Å². The van der Waals surface area contributed by atoms with Gasteiger partial charge in [0.2, 0.25) is 0 Å². The van der Waals surface area contributed by atoms with Gasteiger partial charge >= 0.3 is 0 Å². The standard InChI is InChI=1S/C10H19N3OSi/c1-10(2,3)15(4,5)14-9(7-12)8(13)6-11/h8-9H,13H2,1-5H3/t8?,9-/m1/s1. The van der Waals surface area contributed by atoms with E-state index in [-0.39, 0.29) is 5.04 Å². The van der Waals surface area contributed by atoms with Gasteiger partial charge in [0.05, 0.1) is 12.1 Å². The minimum atomic E-state index is -2.02. The fourth-order valence-corrected chi connectivity index (χ4v) is 1.93. The van der Waals surface area contributed by atoms with Gasteiger partial charge in [-0.15, -0.1) is 0 Å². The lowest BCUT2D eigenvalue weighted by molar-refractivity contribution is 0.219. The van der Waals surface area contributed by atoms with Crippen molar-refractivity contribution in [1.29, 1.82) is 10.5 Å². The van der Waals surface area contributed by atoms with Crippen molar-refractivity contribution in [3.8, 4) is 12.1 Å². The van der Waals surface area contributed by atoms with Crippen molar-refractivity contribution in [2.75, 3.05) is 0 Å². The Morgan fingerprint density at radius 3 is 1.93 bits per heavy atom. The number of nitriles is 2. The molecule has 0 spiro atoms. The van der Waals surface area contributed by atoms with Crippen LogP contribution in [-0.2, 0) is 4.43 Å². The molecule has 0 heterocycles. The van der Waals surface area contributed by atoms with Crippen LogP contribution in [0.3, 0.4) is 0 Å². The van der Waals surface area contributed by atoms with Crippen LogP contribution in [0.15, 0.2) is 0 Å². The first kappa shape index (κ1) is 14.1. The molecular weight excluding hydrogens is 206 g/mol. The summed E-state index contributed by atoms with van der Waals surface area (Å²) in [5, 5.41) is 17.5. The highest BCUT2D eigenvalue weighted by molar-refractivity contribution is 6.74. The Morgan fingerprint density at radius 1 is 1.20 bits per heavy atom. The lowest BCUT2D eigenvalue weighted by Gasteiger charge is -2.37. The Labute approximate surface area is 92.8 Å². The van der Waals surface area contributed by atoms with Crippen LogP contribution in [0.5, 0.6) is 0 Å². The van der Waals surface area contributed by atoms with Gasteiger partial charge in [0.1, 0.15) is 6.04 Å². The maximum Gasteiger partial charge on any atom is 0.193 e. The third-order valence-corrected chi connectivity index (χ3v) is 7.29. The predicted octanol–water partition coefficient (Wildman–Crippen LogP) is 1.75. The normalized spacial score (nSPS) is 16.3. The third kappa shape index (κ3) is 3.64. The minimum absolute atomic E-state index is 0.0112. The Morgan fingerprint density at radius 2 is 1.67 bits per heavy atom. The van der Waals surface area contributed by atoms with Crippen LogP contribution in [0.4, 0.5) is 0 Å². The fraction of sp³-hybridized carbons (Fsp3) is 0.800. The molecule has 2 atom stereocenters. The van der Waals surface area contributed by atoms with Crippen LogP contribution in [-0.4, -0.2) is 20.5 Å². The minimum Gasteiger partial charge on any atom is -0.399 e. The number of rotatable bonds is 3. The molecule has 84 valence electrons. The Kier molecular flexibility index (Phi) is 4.48. The first-order chi connectivity index (χ1) is 6.65. The number of hydrogen-bond acceptors (Lipinski definition) is 4. The fourth-order valence-electron chi connectivity index (χ4n) is 0.742. The lowest BCUT2D eigenvalue weighted by Crippen LogP contribution is -2.48. The molecule has 0 aliphatic rings. The highest BCUT2D eigenvalue weighted by atomic mass is 28.4. The van der Waals surface area contributed by atoms with Crippen molar-refractivity contribution in [2.45, 2.75) is 51.0 Å². The van der Waals surface area contributed by atoms with Gasteiger partial charge in [-0.3, -0.25) is 0 Å². The molecule has 0 bridgehead atoms. The number of nitrogens with two attached hydrogens (primary N) is 1. The highest BCUT2D eigenvalue weighted by Crippen LogP contribution is 2.37. The van der Waals surface area contributed by atoms with Gasteiger partial charge < -0.3 is 10.2 Å². The molecular formula is C10H19N3OSi. The monoisotopic (exact) mass is 225 g/mol. The van der Waals surface area contributed by atoms with E-state index < -0.39 is 20.5 Å². The summed E-state index contributed by atoms with van der Waals surface area (Å²) < 4.78 is 5.73. The van der Waals surface area contributed by atoms with Crippen molar-refractivity contribution in [1.82, 2.24) is 0 Å². The number of nitrogens with zero attached hydrogens (tertiary/aromatic N) is 2. The second kappa shape index (κ2) is 4.76. The largest absolute Gasteiger partial charge is 0.399 e. The molecule has 0 aromatic carbocycles. The first-order valence-electron chi connectivity index (χ1n) is 4.88. The maximum atomic E-state index is 8.87. The summed E-state index contributed by atoms with van der Waals surface area (Å²) in [7, 11) is -2.02. The molecule has 5 heteroatoms. The van der Waals surface area contributed by atoms with Crippen LogP contribution in [0, 0.1) is 22.7 Å². The van der Waals surface area contributed by atoms with Crippen molar-refractivity contribution in [3.05, 3.63) is 0 Å². The Hall–Kier alpha value is -0.883. The maximum absolute atomic E-state index is 8.87. The molecule has 2 N–H and O–H groups in total. The molecule has 0 radical (unpaired) electrons. The molecule has 0 aromatic heterocycles. The van der Waals surface area contributed by atoms with Crippen molar-refractivity contribution >= 4 is 8.32 Å². The van der Waals surface area contributed by atoms with Gasteiger partial charge in [-0.2, -0.15) is 10.5 Å². The summed E-state index contributed by atoms with van der Waals surface area (Å²) in [4.78, 5) is 0. The molecule has 0 rings (SSSR count). The van der Waals surface area contributed by atoms with Crippen LogP contribution >= 0.6 is 0 Å². The summed E-state index contributed by atoms with van der Waals surface area (Å²) in [6.07, 6.45) is -0.823. The molecule has 0 saturated heterocycles. The van der Waals surface area contributed by atoms with E-state index in [1.807, 2.05) is 25.2 Å². The summed E-state index contributed by atoms with van der Waals surface area (Å²) >= 11 is 0. The van der Waals surface area contributed by atoms with E-state index in [1.54, 1.807) is 0 Å². The van der Waals surface area contributed by atoms with E-state index in [4.69, 9.17) is 20.7 Å². The molecule has 1 unspecified atom stereocenters.